The molecule has 0 aliphatic carbocycles. The quantitative estimate of drug-likeness (QED) is 0.813. The first-order valence-electron chi connectivity index (χ1n) is 9.91. The fourth-order valence-electron chi connectivity index (χ4n) is 4.28. The van der Waals surface area contributed by atoms with Crippen LogP contribution in [-0.4, -0.2) is 49.2 Å². The number of hydrogen-bond donors (Lipinski definition) is 1. The first kappa shape index (κ1) is 20.6. The summed E-state index contributed by atoms with van der Waals surface area (Å²) >= 11 is 5.82. The Bertz CT molecular complexity index is 639. The molecule has 150 valence electrons. The summed E-state index contributed by atoms with van der Waals surface area (Å²) < 4.78 is 19.2. The summed E-state index contributed by atoms with van der Waals surface area (Å²) in [5.41, 5.74) is 0.283. The van der Waals surface area contributed by atoms with Gasteiger partial charge in [0.05, 0.1) is 5.60 Å². The Kier molecular flexibility index (Phi) is 6.77. The number of amides is 1. The van der Waals surface area contributed by atoms with Crippen molar-refractivity contribution in [2.75, 3.05) is 32.8 Å². The second kappa shape index (κ2) is 8.89. The Labute approximate surface area is 166 Å². The van der Waals surface area contributed by atoms with Gasteiger partial charge in [0.25, 0.3) is 5.91 Å². The highest BCUT2D eigenvalue weighted by Gasteiger charge is 2.30. The molecule has 0 saturated carbocycles. The molecule has 2 aliphatic heterocycles. The van der Waals surface area contributed by atoms with Gasteiger partial charge in [-0.1, -0.05) is 11.6 Å². The van der Waals surface area contributed by atoms with Gasteiger partial charge >= 0.3 is 0 Å². The number of nitrogens with zero attached hydrogens (tertiary/aromatic N) is 1. The molecule has 1 unspecified atom stereocenters. The largest absolute Gasteiger partial charge is 0.376 e. The summed E-state index contributed by atoms with van der Waals surface area (Å²) in [6.45, 7) is 9.15. The molecule has 2 saturated heterocycles. The van der Waals surface area contributed by atoms with Crippen molar-refractivity contribution >= 4 is 17.5 Å². The number of ether oxygens (including phenoxy) is 1. The van der Waals surface area contributed by atoms with Crippen LogP contribution in [0.5, 0.6) is 0 Å². The number of rotatable bonds is 5. The van der Waals surface area contributed by atoms with Crippen LogP contribution < -0.4 is 5.32 Å². The van der Waals surface area contributed by atoms with Crippen LogP contribution in [0.25, 0.3) is 0 Å². The summed E-state index contributed by atoms with van der Waals surface area (Å²) in [6, 6.07) is 3.92. The van der Waals surface area contributed by atoms with Gasteiger partial charge in [0.1, 0.15) is 5.82 Å². The molecule has 0 spiro atoms. The highest BCUT2D eigenvalue weighted by Crippen LogP contribution is 2.30. The van der Waals surface area contributed by atoms with E-state index in [0.717, 1.165) is 51.9 Å². The van der Waals surface area contributed by atoms with Crippen molar-refractivity contribution in [2.45, 2.75) is 45.1 Å². The maximum absolute atomic E-state index is 13.4. The Balaban J connectivity index is 1.40. The van der Waals surface area contributed by atoms with E-state index in [1.807, 2.05) is 0 Å². The number of halogens is 2. The lowest BCUT2D eigenvalue weighted by Gasteiger charge is -2.39. The molecule has 1 aromatic rings. The van der Waals surface area contributed by atoms with Crippen molar-refractivity contribution in [1.29, 1.82) is 0 Å². The van der Waals surface area contributed by atoms with Crippen LogP contribution in [0.3, 0.4) is 0 Å². The minimum Gasteiger partial charge on any atom is -0.376 e. The van der Waals surface area contributed by atoms with Crippen molar-refractivity contribution in [3.63, 3.8) is 0 Å². The van der Waals surface area contributed by atoms with Crippen LogP contribution in [0.1, 0.15) is 49.9 Å². The van der Waals surface area contributed by atoms with Crippen molar-refractivity contribution in [3.8, 4) is 0 Å². The number of hydrogen-bond acceptors (Lipinski definition) is 3. The second-order valence-electron chi connectivity index (χ2n) is 8.58. The zero-order valence-corrected chi connectivity index (χ0v) is 17.0. The van der Waals surface area contributed by atoms with Gasteiger partial charge in [0.15, 0.2) is 0 Å². The zero-order chi connectivity index (χ0) is 19.4. The number of likely N-dealkylation sites (tertiary alicyclic amines) is 1. The molecular formula is C21H30ClFN2O2. The summed E-state index contributed by atoms with van der Waals surface area (Å²) in [7, 11) is 0. The van der Waals surface area contributed by atoms with E-state index in [0.29, 0.717) is 18.4 Å². The van der Waals surface area contributed by atoms with Crippen molar-refractivity contribution < 1.29 is 13.9 Å². The molecule has 2 aliphatic rings. The molecule has 0 radical (unpaired) electrons. The van der Waals surface area contributed by atoms with E-state index in [-0.39, 0.29) is 22.1 Å². The van der Waals surface area contributed by atoms with Gasteiger partial charge in [0.2, 0.25) is 0 Å². The molecule has 0 bridgehead atoms. The highest BCUT2D eigenvalue weighted by atomic mass is 35.5. The average Bonchev–Trinajstić information content (AvgIpc) is 2.59. The van der Waals surface area contributed by atoms with Crippen LogP contribution in [0, 0.1) is 17.7 Å². The Morgan fingerprint density at radius 3 is 2.67 bits per heavy atom. The van der Waals surface area contributed by atoms with Crippen LogP contribution in [0.4, 0.5) is 4.39 Å². The lowest BCUT2D eigenvalue weighted by Crippen LogP contribution is -2.43. The van der Waals surface area contributed by atoms with E-state index in [4.69, 9.17) is 16.3 Å². The van der Waals surface area contributed by atoms with Crippen LogP contribution in [-0.2, 0) is 4.74 Å². The Hall–Kier alpha value is -1.17. The van der Waals surface area contributed by atoms with E-state index in [1.165, 1.54) is 18.2 Å². The van der Waals surface area contributed by atoms with Gasteiger partial charge in [-0.3, -0.25) is 4.79 Å². The fourth-order valence-corrected chi connectivity index (χ4v) is 4.50. The molecule has 4 nitrogen and oxygen atoms in total. The van der Waals surface area contributed by atoms with E-state index >= 15 is 0 Å². The molecular weight excluding hydrogens is 367 g/mol. The third kappa shape index (κ3) is 6.16. The first-order chi connectivity index (χ1) is 12.8. The standard InChI is InChI=1S/C21H30ClFN2O2/c1-21(2)12-16(5-8-27-21)14-25-6-3-15(4-7-25)13-24-20(26)17-9-18(22)11-19(23)10-17/h9-11,15-16H,3-8,12-14H2,1-2H3,(H,24,26). The van der Waals surface area contributed by atoms with Gasteiger partial charge in [0, 0.05) is 30.3 Å². The Morgan fingerprint density at radius 2 is 2.00 bits per heavy atom. The average molecular weight is 397 g/mol. The van der Waals surface area contributed by atoms with E-state index in [9.17, 15) is 9.18 Å². The molecule has 1 atom stereocenters. The minimum absolute atomic E-state index is 0.00529. The van der Waals surface area contributed by atoms with Crippen molar-refractivity contribution in [3.05, 3.63) is 34.6 Å². The number of piperidine rings is 1. The Morgan fingerprint density at radius 1 is 1.26 bits per heavy atom. The molecule has 2 heterocycles. The molecule has 3 rings (SSSR count). The van der Waals surface area contributed by atoms with Crippen LogP contribution >= 0.6 is 11.6 Å². The molecule has 0 aromatic heterocycles. The SMILES string of the molecule is CC1(C)CC(CN2CCC(CNC(=O)c3cc(F)cc(Cl)c3)CC2)CCO1. The predicted octanol–water partition coefficient (Wildman–Crippen LogP) is 4.13. The zero-order valence-electron chi connectivity index (χ0n) is 16.3. The minimum atomic E-state index is -0.489. The summed E-state index contributed by atoms with van der Waals surface area (Å²) in [5, 5.41) is 3.17. The van der Waals surface area contributed by atoms with Crippen LogP contribution in [0.15, 0.2) is 18.2 Å². The third-order valence-corrected chi connectivity index (χ3v) is 5.92. The molecule has 1 aromatic carbocycles. The number of nitrogens with one attached hydrogen (secondary N) is 1. The highest BCUT2D eigenvalue weighted by molar-refractivity contribution is 6.31. The second-order valence-corrected chi connectivity index (χ2v) is 9.02. The summed E-state index contributed by atoms with van der Waals surface area (Å²) in [6.07, 6.45) is 4.43. The number of carbonyl (C=O) groups is 1. The maximum Gasteiger partial charge on any atom is 0.251 e. The summed E-state index contributed by atoms with van der Waals surface area (Å²) in [4.78, 5) is 14.8. The van der Waals surface area contributed by atoms with Gasteiger partial charge < -0.3 is 15.0 Å². The third-order valence-electron chi connectivity index (χ3n) is 5.70. The monoisotopic (exact) mass is 396 g/mol. The number of carbonyl (C=O) groups excluding carboxylic acids is 1. The number of benzene rings is 1. The normalized spacial score (nSPS) is 23.9. The van der Waals surface area contributed by atoms with Crippen LogP contribution in [0.2, 0.25) is 5.02 Å². The van der Waals surface area contributed by atoms with Gasteiger partial charge in [-0.2, -0.15) is 0 Å². The lowest BCUT2D eigenvalue weighted by atomic mass is 9.87. The van der Waals surface area contributed by atoms with Gasteiger partial charge in [-0.25, -0.2) is 4.39 Å². The van der Waals surface area contributed by atoms with E-state index in [1.54, 1.807) is 0 Å². The van der Waals surface area contributed by atoms with E-state index < -0.39 is 5.82 Å². The van der Waals surface area contributed by atoms with Gasteiger partial charge in [-0.05, 0) is 82.7 Å². The smallest absolute Gasteiger partial charge is 0.251 e. The topological polar surface area (TPSA) is 41.6 Å². The molecule has 27 heavy (non-hydrogen) atoms. The van der Waals surface area contributed by atoms with Gasteiger partial charge in [-0.15, -0.1) is 0 Å². The first-order valence-corrected chi connectivity index (χ1v) is 10.3. The maximum atomic E-state index is 13.4. The predicted molar refractivity (Wildman–Crippen MR) is 106 cm³/mol. The van der Waals surface area contributed by atoms with Crippen molar-refractivity contribution in [2.24, 2.45) is 11.8 Å². The van der Waals surface area contributed by atoms with E-state index in [2.05, 4.69) is 24.1 Å². The molecule has 1 amide bonds. The van der Waals surface area contributed by atoms with Crippen molar-refractivity contribution in [1.82, 2.24) is 10.2 Å². The molecule has 1 N–H and O–H groups in total. The summed E-state index contributed by atoms with van der Waals surface area (Å²) in [5.74, 6) is 0.434. The lowest BCUT2D eigenvalue weighted by molar-refractivity contribution is -0.0777. The molecule has 2 fully saturated rings. The molecule has 6 heteroatoms. The fraction of sp³-hybridized carbons (Fsp3) is 0.667.